The van der Waals surface area contributed by atoms with Gasteiger partial charge >= 0.3 is 0 Å². The molecule has 0 fully saturated rings. The first-order valence-corrected chi connectivity index (χ1v) is 3.66. The van der Waals surface area contributed by atoms with Gasteiger partial charge < -0.3 is 16.2 Å². The molecule has 12 heavy (non-hydrogen) atoms. The molecule has 4 N–H and O–H groups in total. The van der Waals surface area contributed by atoms with Crippen LogP contribution < -0.4 is 16.2 Å². The minimum Gasteiger partial charge on any atom is -0.489 e. The molecule has 0 saturated carbocycles. The summed E-state index contributed by atoms with van der Waals surface area (Å²) in [5, 5.41) is 0. The first-order valence-electron chi connectivity index (χ1n) is 3.66. The Kier molecular flexibility index (Phi) is 1.44. The Bertz CT molecular complexity index is 327. The number of benzene rings is 1. The standard InChI is InChI=1S/C8H9FN2O/c9-4-1-2-5(10)8-7(4)6(11)3-12-8/h1-2,6H,3,10-11H2/t6-/m1/s1. The van der Waals surface area contributed by atoms with Crippen molar-refractivity contribution in [3.8, 4) is 5.75 Å². The number of rotatable bonds is 0. The van der Waals surface area contributed by atoms with Gasteiger partial charge in [-0.25, -0.2) is 4.39 Å². The average Bonchev–Trinajstić information content (AvgIpc) is 2.42. The van der Waals surface area contributed by atoms with Crippen LogP contribution in [0.3, 0.4) is 0 Å². The highest BCUT2D eigenvalue weighted by molar-refractivity contribution is 5.59. The maximum absolute atomic E-state index is 13.1. The van der Waals surface area contributed by atoms with Crippen molar-refractivity contribution in [2.24, 2.45) is 5.73 Å². The van der Waals surface area contributed by atoms with Crippen molar-refractivity contribution in [2.75, 3.05) is 12.3 Å². The normalized spacial score (nSPS) is 20.3. The molecule has 0 spiro atoms. The van der Waals surface area contributed by atoms with Gasteiger partial charge in [0.05, 0.1) is 17.3 Å². The summed E-state index contributed by atoms with van der Waals surface area (Å²) in [7, 11) is 0. The van der Waals surface area contributed by atoms with Gasteiger partial charge in [0.1, 0.15) is 18.2 Å². The minimum absolute atomic E-state index is 0.306. The molecule has 0 aliphatic carbocycles. The number of nitrogens with two attached hydrogens (primary N) is 2. The van der Waals surface area contributed by atoms with Crippen LogP contribution in [0.5, 0.6) is 5.75 Å². The summed E-state index contributed by atoms with van der Waals surface area (Å²) in [6.07, 6.45) is 0. The predicted octanol–water partition coefficient (Wildman–Crippen LogP) is 0.800. The zero-order valence-electron chi connectivity index (χ0n) is 6.38. The van der Waals surface area contributed by atoms with E-state index in [9.17, 15) is 4.39 Å². The molecule has 1 aromatic carbocycles. The number of hydrogen-bond acceptors (Lipinski definition) is 3. The third kappa shape index (κ3) is 0.848. The van der Waals surface area contributed by atoms with Crippen LogP contribution in [-0.2, 0) is 0 Å². The zero-order valence-corrected chi connectivity index (χ0v) is 6.38. The van der Waals surface area contributed by atoms with E-state index in [4.69, 9.17) is 16.2 Å². The average molecular weight is 168 g/mol. The fraction of sp³-hybridized carbons (Fsp3) is 0.250. The van der Waals surface area contributed by atoms with Crippen LogP contribution in [0.1, 0.15) is 11.6 Å². The van der Waals surface area contributed by atoms with E-state index in [1.54, 1.807) is 0 Å². The van der Waals surface area contributed by atoms with Gasteiger partial charge in [-0.1, -0.05) is 0 Å². The molecule has 0 aromatic heterocycles. The van der Waals surface area contributed by atoms with E-state index >= 15 is 0 Å². The molecule has 0 amide bonds. The summed E-state index contributed by atoms with van der Waals surface area (Å²) in [6.45, 7) is 0.306. The van der Waals surface area contributed by atoms with Crippen LogP contribution >= 0.6 is 0 Å². The van der Waals surface area contributed by atoms with Crippen LogP contribution in [0.25, 0.3) is 0 Å². The number of anilines is 1. The van der Waals surface area contributed by atoms with Crippen LogP contribution in [0.15, 0.2) is 12.1 Å². The molecule has 0 bridgehead atoms. The molecule has 64 valence electrons. The first-order chi connectivity index (χ1) is 5.70. The molecule has 0 unspecified atom stereocenters. The summed E-state index contributed by atoms with van der Waals surface area (Å²) in [5.74, 6) is 0.0618. The third-order valence-electron chi connectivity index (χ3n) is 1.95. The second kappa shape index (κ2) is 2.35. The highest BCUT2D eigenvalue weighted by atomic mass is 19.1. The highest BCUT2D eigenvalue weighted by Gasteiger charge is 2.26. The van der Waals surface area contributed by atoms with Gasteiger partial charge in [-0.3, -0.25) is 0 Å². The maximum Gasteiger partial charge on any atom is 0.150 e. The number of hydrogen-bond donors (Lipinski definition) is 2. The molecule has 1 aliphatic heterocycles. The lowest BCUT2D eigenvalue weighted by atomic mass is 10.1. The molecule has 3 nitrogen and oxygen atoms in total. The van der Waals surface area contributed by atoms with Gasteiger partial charge in [0.25, 0.3) is 0 Å². The number of fused-ring (bicyclic) bond motifs is 1. The molecule has 1 heterocycles. The van der Waals surface area contributed by atoms with E-state index in [1.165, 1.54) is 12.1 Å². The second-order valence-corrected chi connectivity index (χ2v) is 2.80. The number of halogens is 1. The summed E-state index contributed by atoms with van der Waals surface area (Å²) < 4.78 is 18.2. The third-order valence-corrected chi connectivity index (χ3v) is 1.95. The largest absolute Gasteiger partial charge is 0.489 e. The van der Waals surface area contributed by atoms with Crippen molar-refractivity contribution in [3.05, 3.63) is 23.5 Å². The molecule has 0 radical (unpaired) electrons. The second-order valence-electron chi connectivity index (χ2n) is 2.80. The zero-order chi connectivity index (χ0) is 8.72. The van der Waals surface area contributed by atoms with Crippen molar-refractivity contribution >= 4 is 5.69 Å². The first kappa shape index (κ1) is 7.36. The van der Waals surface area contributed by atoms with E-state index in [0.29, 0.717) is 23.6 Å². The lowest BCUT2D eigenvalue weighted by molar-refractivity contribution is 0.334. The molecular weight excluding hydrogens is 159 g/mol. The van der Waals surface area contributed by atoms with Crippen LogP contribution in [0.2, 0.25) is 0 Å². The van der Waals surface area contributed by atoms with Crippen molar-refractivity contribution in [3.63, 3.8) is 0 Å². The van der Waals surface area contributed by atoms with Gasteiger partial charge in [-0.05, 0) is 12.1 Å². The van der Waals surface area contributed by atoms with Crippen LogP contribution in [0, 0.1) is 5.82 Å². The quantitative estimate of drug-likeness (QED) is 0.563. The van der Waals surface area contributed by atoms with Crippen molar-refractivity contribution in [1.82, 2.24) is 0 Å². The van der Waals surface area contributed by atoms with Gasteiger partial charge in [0.2, 0.25) is 0 Å². The lowest BCUT2D eigenvalue weighted by Crippen LogP contribution is -2.12. The monoisotopic (exact) mass is 168 g/mol. The Morgan fingerprint density at radius 1 is 1.50 bits per heavy atom. The fourth-order valence-electron chi connectivity index (χ4n) is 1.36. The number of ether oxygens (including phenoxy) is 1. The molecule has 0 saturated heterocycles. The topological polar surface area (TPSA) is 61.3 Å². The number of nitrogen functional groups attached to an aromatic ring is 1. The summed E-state index contributed by atoms with van der Waals surface area (Å²) >= 11 is 0. The Labute approximate surface area is 69.1 Å². The summed E-state index contributed by atoms with van der Waals surface area (Å²) in [4.78, 5) is 0. The molecule has 4 heteroatoms. The van der Waals surface area contributed by atoms with Crippen molar-refractivity contribution in [2.45, 2.75) is 6.04 Å². The Morgan fingerprint density at radius 2 is 2.25 bits per heavy atom. The molecule has 1 atom stereocenters. The SMILES string of the molecule is Nc1ccc(F)c2c1OC[C@H]2N. The smallest absolute Gasteiger partial charge is 0.150 e. The van der Waals surface area contributed by atoms with E-state index in [-0.39, 0.29) is 11.9 Å². The van der Waals surface area contributed by atoms with Gasteiger partial charge in [-0.2, -0.15) is 0 Å². The molecule has 1 aromatic rings. The minimum atomic E-state index is -0.386. The molecular formula is C8H9FN2O. The van der Waals surface area contributed by atoms with Crippen LogP contribution in [0.4, 0.5) is 10.1 Å². The molecule has 2 rings (SSSR count). The van der Waals surface area contributed by atoms with Crippen molar-refractivity contribution < 1.29 is 9.13 Å². The van der Waals surface area contributed by atoms with E-state index in [1.807, 2.05) is 0 Å². The van der Waals surface area contributed by atoms with Gasteiger partial charge in [-0.15, -0.1) is 0 Å². The van der Waals surface area contributed by atoms with Gasteiger partial charge in [0.15, 0.2) is 0 Å². The highest BCUT2D eigenvalue weighted by Crippen LogP contribution is 2.37. The summed E-state index contributed by atoms with van der Waals surface area (Å²) in [6, 6.07) is 2.40. The van der Waals surface area contributed by atoms with E-state index < -0.39 is 0 Å². The van der Waals surface area contributed by atoms with E-state index in [0.717, 1.165) is 0 Å². The van der Waals surface area contributed by atoms with Gasteiger partial charge in [0, 0.05) is 0 Å². The van der Waals surface area contributed by atoms with Crippen molar-refractivity contribution in [1.29, 1.82) is 0 Å². The Morgan fingerprint density at radius 3 is 2.92 bits per heavy atom. The maximum atomic E-state index is 13.1. The lowest BCUT2D eigenvalue weighted by Gasteiger charge is -2.03. The molecule has 1 aliphatic rings. The van der Waals surface area contributed by atoms with Crippen LogP contribution in [-0.4, -0.2) is 6.61 Å². The predicted molar refractivity (Wildman–Crippen MR) is 43.2 cm³/mol. The Balaban J connectivity index is 2.64. The van der Waals surface area contributed by atoms with E-state index in [2.05, 4.69) is 0 Å². The fourth-order valence-corrected chi connectivity index (χ4v) is 1.36. The Hall–Kier alpha value is -1.29. The summed E-state index contributed by atoms with van der Waals surface area (Å²) in [5.41, 5.74) is 12.0.